The molecule has 4 rings (SSSR count). The first-order valence-electron chi connectivity index (χ1n) is 10.9. The van der Waals surface area contributed by atoms with Gasteiger partial charge < -0.3 is 15.6 Å². The number of hydrogen-bond acceptors (Lipinski definition) is 4. The van der Waals surface area contributed by atoms with Crippen LogP contribution in [0, 0.1) is 5.92 Å². The third-order valence-electron chi connectivity index (χ3n) is 5.39. The largest absolute Gasteiger partial charge is 0.382 e. The number of amides is 1. The Bertz CT molecular complexity index is 1200. The van der Waals surface area contributed by atoms with Gasteiger partial charge in [-0.25, -0.2) is 9.97 Å². The Hall–Kier alpha value is -3.41. The van der Waals surface area contributed by atoms with Crippen molar-refractivity contribution in [2.75, 3.05) is 12.3 Å². The lowest BCUT2D eigenvalue weighted by Gasteiger charge is -2.13. The van der Waals surface area contributed by atoms with Gasteiger partial charge in [-0.2, -0.15) is 0 Å². The lowest BCUT2D eigenvalue weighted by Crippen LogP contribution is -2.24. The summed E-state index contributed by atoms with van der Waals surface area (Å²) in [5.41, 5.74) is 9.71. The van der Waals surface area contributed by atoms with Crippen LogP contribution < -0.4 is 11.1 Å². The summed E-state index contributed by atoms with van der Waals surface area (Å²) in [6.45, 7) is 5.94. The number of unbranched alkanes of at least 4 members (excludes halogenated alkanes) is 1. The van der Waals surface area contributed by atoms with E-state index in [1.165, 1.54) is 0 Å². The van der Waals surface area contributed by atoms with Gasteiger partial charge in [0.2, 0.25) is 0 Å². The van der Waals surface area contributed by atoms with Gasteiger partial charge in [-0.3, -0.25) is 4.79 Å². The zero-order chi connectivity index (χ0) is 21.8. The predicted molar refractivity (Wildman–Crippen MR) is 126 cm³/mol. The molecule has 3 N–H and O–H groups in total. The van der Waals surface area contributed by atoms with E-state index in [0.29, 0.717) is 23.8 Å². The number of benzene rings is 2. The van der Waals surface area contributed by atoms with Crippen LogP contribution in [-0.4, -0.2) is 27.0 Å². The fourth-order valence-corrected chi connectivity index (χ4v) is 3.96. The Balaban J connectivity index is 1.50. The maximum absolute atomic E-state index is 12.2. The highest BCUT2D eigenvalue weighted by molar-refractivity contribution is 6.06. The van der Waals surface area contributed by atoms with E-state index in [1.54, 1.807) is 0 Å². The minimum Gasteiger partial charge on any atom is -0.382 e. The van der Waals surface area contributed by atoms with Crippen molar-refractivity contribution in [1.29, 1.82) is 0 Å². The molecule has 6 heteroatoms. The van der Waals surface area contributed by atoms with Gasteiger partial charge in [-0.05, 0) is 37.0 Å². The molecule has 160 valence electrons. The van der Waals surface area contributed by atoms with Crippen LogP contribution in [0.5, 0.6) is 0 Å². The number of rotatable bonds is 8. The number of aromatic nitrogens is 3. The number of pyridine rings is 1. The van der Waals surface area contributed by atoms with Crippen LogP contribution in [0.1, 0.15) is 42.9 Å². The topological polar surface area (TPSA) is 85.8 Å². The lowest BCUT2D eigenvalue weighted by atomic mass is 10.1. The standard InChI is InChI=1S/C25H29N5O/c1-17(2)16-30-21(14-8-9-15-27-25(31)18-10-4-3-5-11-18)29-22-23(30)19-12-6-7-13-20(19)28-24(22)26/h3-7,10-13,17H,8-9,14-16H2,1-2H3,(H2,26,28)(H,27,31). The molecule has 0 aliphatic heterocycles. The van der Waals surface area contributed by atoms with Gasteiger partial charge in [0.15, 0.2) is 5.82 Å². The molecule has 0 unspecified atom stereocenters. The second-order valence-electron chi connectivity index (χ2n) is 8.32. The molecule has 0 saturated heterocycles. The second kappa shape index (κ2) is 9.16. The Labute approximate surface area is 182 Å². The van der Waals surface area contributed by atoms with Crippen molar-refractivity contribution in [2.45, 2.75) is 39.7 Å². The molecule has 4 aromatic rings. The number of nitrogens with zero attached hydrogens (tertiary/aromatic N) is 3. The molecule has 2 aromatic carbocycles. The summed E-state index contributed by atoms with van der Waals surface area (Å²) in [4.78, 5) is 21.6. The fraction of sp³-hybridized carbons (Fsp3) is 0.320. The van der Waals surface area contributed by atoms with E-state index >= 15 is 0 Å². The molecule has 0 bridgehead atoms. The van der Waals surface area contributed by atoms with Crippen LogP contribution in [0.25, 0.3) is 21.9 Å². The van der Waals surface area contributed by atoms with Crippen LogP contribution in [0.3, 0.4) is 0 Å². The number of nitrogens with one attached hydrogen (secondary N) is 1. The number of anilines is 1. The molecule has 2 aromatic heterocycles. The normalized spacial score (nSPS) is 11.5. The summed E-state index contributed by atoms with van der Waals surface area (Å²) < 4.78 is 2.31. The van der Waals surface area contributed by atoms with Crippen LogP contribution in [-0.2, 0) is 13.0 Å². The number of carbonyl (C=O) groups excluding carboxylic acids is 1. The van der Waals surface area contributed by atoms with Crippen molar-refractivity contribution in [1.82, 2.24) is 19.9 Å². The number of imidazole rings is 1. The third kappa shape index (κ3) is 4.53. The first-order chi connectivity index (χ1) is 15.0. The molecule has 2 heterocycles. The number of carbonyl (C=O) groups is 1. The van der Waals surface area contributed by atoms with Gasteiger partial charge in [0.1, 0.15) is 11.3 Å². The number of hydrogen-bond donors (Lipinski definition) is 2. The second-order valence-corrected chi connectivity index (χ2v) is 8.32. The first kappa shape index (κ1) is 20.8. The van der Waals surface area contributed by atoms with Gasteiger partial charge in [0.25, 0.3) is 5.91 Å². The predicted octanol–water partition coefficient (Wildman–Crippen LogP) is 4.58. The maximum atomic E-state index is 12.2. The van der Waals surface area contributed by atoms with Gasteiger partial charge >= 0.3 is 0 Å². The SMILES string of the molecule is CC(C)Cn1c(CCCCNC(=O)c2ccccc2)nc2c(N)nc3ccccc3c21. The number of nitrogen functional groups attached to an aromatic ring is 1. The van der Waals surface area contributed by atoms with E-state index in [0.717, 1.165) is 53.6 Å². The highest BCUT2D eigenvalue weighted by Crippen LogP contribution is 2.29. The zero-order valence-corrected chi connectivity index (χ0v) is 18.1. The molecule has 0 aliphatic rings. The van der Waals surface area contributed by atoms with Gasteiger partial charge in [0, 0.05) is 30.5 Å². The fourth-order valence-electron chi connectivity index (χ4n) is 3.96. The third-order valence-corrected chi connectivity index (χ3v) is 5.39. The molecule has 0 fully saturated rings. The summed E-state index contributed by atoms with van der Waals surface area (Å²) in [7, 11) is 0. The van der Waals surface area contributed by atoms with E-state index in [2.05, 4.69) is 34.8 Å². The summed E-state index contributed by atoms with van der Waals surface area (Å²) in [5.74, 6) is 1.96. The molecule has 0 aliphatic carbocycles. The van der Waals surface area contributed by atoms with Crippen LogP contribution in [0.15, 0.2) is 54.6 Å². The molecular formula is C25H29N5O. The van der Waals surface area contributed by atoms with Gasteiger partial charge in [0.05, 0.1) is 11.0 Å². The van der Waals surface area contributed by atoms with E-state index < -0.39 is 0 Å². The molecule has 0 radical (unpaired) electrons. The molecule has 0 saturated carbocycles. The van der Waals surface area contributed by atoms with Crippen molar-refractivity contribution in [2.24, 2.45) is 5.92 Å². The van der Waals surface area contributed by atoms with E-state index in [4.69, 9.17) is 10.7 Å². The summed E-state index contributed by atoms with van der Waals surface area (Å²) in [6, 6.07) is 17.4. The molecule has 0 spiro atoms. The van der Waals surface area contributed by atoms with Crippen molar-refractivity contribution in [3.63, 3.8) is 0 Å². The average molecular weight is 416 g/mol. The Morgan fingerprint density at radius 3 is 2.55 bits per heavy atom. The van der Waals surface area contributed by atoms with Crippen molar-refractivity contribution in [3.05, 3.63) is 66.0 Å². The number of fused-ring (bicyclic) bond motifs is 3. The first-order valence-corrected chi connectivity index (χ1v) is 10.9. The molecule has 0 atom stereocenters. The van der Waals surface area contributed by atoms with Crippen LogP contribution >= 0.6 is 0 Å². The van der Waals surface area contributed by atoms with E-state index in [1.807, 2.05) is 48.5 Å². The molecule has 6 nitrogen and oxygen atoms in total. The average Bonchev–Trinajstić information content (AvgIpc) is 3.12. The van der Waals surface area contributed by atoms with Crippen molar-refractivity contribution < 1.29 is 4.79 Å². The Morgan fingerprint density at radius 1 is 1.03 bits per heavy atom. The lowest BCUT2D eigenvalue weighted by molar-refractivity contribution is 0.0953. The van der Waals surface area contributed by atoms with Crippen LogP contribution in [0.2, 0.25) is 0 Å². The van der Waals surface area contributed by atoms with E-state index in [9.17, 15) is 4.79 Å². The van der Waals surface area contributed by atoms with Gasteiger partial charge in [-0.15, -0.1) is 0 Å². The van der Waals surface area contributed by atoms with Crippen LogP contribution in [0.4, 0.5) is 5.82 Å². The maximum Gasteiger partial charge on any atom is 0.251 e. The minimum atomic E-state index is -0.0297. The number of para-hydroxylation sites is 1. The smallest absolute Gasteiger partial charge is 0.251 e. The number of aryl methyl sites for hydroxylation is 1. The molecular weight excluding hydrogens is 386 g/mol. The summed E-state index contributed by atoms with van der Waals surface area (Å²) in [5, 5.41) is 4.08. The summed E-state index contributed by atoms with van der Waals surface area (Å²) in [6.07, 6.45) is 2.65. The summed E-state index contributed by atoms with van der Waals surface area (Å²) >= 11 is 0. The quantitative estimate of drug-likeness (QED) is 0.413. The molecule has 31 heavy (non-hydrogen) atoms. The highest BCUT2D eigenvalue weighted by Gasteiger charge is 2.17. The number of nitrogens with two attached hydrogens (primary N) is 1. The minimum absolute atomic E-state index is 0.0297. The highest BCUT2D eigenvalue weighted by atomic mass is 16.1. The monoisotopic (exact) mass is 415 g/mol. The van der Waals surface area contributed by atoms with E-state index in [-0.39, 0.29) is 5.91 Å². The molecule has 1 amide bonds. The van der Waals surface area contributed by atoms with Crippen molar-refractivity contribution in [3.8, 4) is 0 Å². The van der Waals surface area contributed by atoms with Crippen molar-refractivity contribution >= 4 is 33.7 Å². The Morgan fingerprint density at radius 2 is 1.77 bits per heavy atom. The zero-order valence-electron chi connectivity index (χ0n) is 18.1. The van der Waals surface area contributed by atoms with Gasteiger partial charge in [-0.1, -0.05) is 50.2 Å². The Kier molecular flexibility index (Phi) is 6.16.